The highest BCUT2D eigenvalue weighted by Gasteiger charge is 2.31. The molecule has 0 radical (unpaired) electrons. The number of amides is 1. The Morgan fingerprint density at radius 1 is 1.03 bits per heavy atom. The van der Waals surface area contributed by atoms with Gasteiger partial charge in [-0.25, -0.2) is 19.3 Å². The summed E-state index contributed by atoms with van der Waals surface area (Å²) in [7, 11) is 0. The molecule has 1 N–H and O–H groups in total. The van der Waals surface area contributed by atoms with Crippen molar-refractivity contribution >= 4 is 39.1 Å². The molecule has 15 heteroatoms. The van der Waals surface area contributed by atoms with Crippen LogP contribution in [0.1, 0.15) is 15.2 Å². The van der Waals surface area contributed by atoms with Gasteiger partial charge in [0.05, 0.1) is 26.9 Å². The van der Waals surface area contributed by atoms with E-state index in [0.29, 0.717) is 23.1 Å². The number of carbonyl (C=O) groups is 1. The molecule has 5 rings (SSSR count). The van der Waals surface area contributed by atoms with Crippen LogP contribution in [0.2, 0.25) is 0 Å². The summed E-state index contributed by atoms with van der Waals surface area (Å²) in [5.74, 6) is -1.16. The Balaban J connectivity index is 1.61. The van der Waals surface area contributed by atoms with E-state index in [9.17, 15) is 32.5 Å². The maximum atomic E-state index is 13.5. The first-order valence-electron chi connectivity index (χ1n) is 10.2. The Kier molecular flexibility index (Phi) is 5.83. The predicted octanol–water partition coefficient (Wildman–Crippen LogP) is 5.26. The first-order chi connectivity index (χ1) is 17.6. The summed E-state index contributed by atoms with van der Waals surface area (Å²) < 4.78 is 53.5. The lowest BCUT2D eigenvalue weighted by atomic mass is 10.2. The number of nitro groups is 1. The van der Waals surface area contributed by atoms with Gasteiger partial charge < -0.3 is 5.32 Å². The van der Waals surface area contributed by atoms with Gasteiger partial charge >= 0.3 is 11.2 Å². The molecule has 0 spiro atoms. The van der Waals surface area contributed by atoms with Gasteiger partial charge in [-0.1, -0.05) is 11.3 Å². The van der Waals surface area contributed by atoms with Crippen LogP contribution in [0.4, 0.5) is 28.4 Å². The number of benzene rings is 1. The van der Waals surface area contributed by atoms with Gasteiger partial charge in [0.25, 0.3) is 5.91 Å². The van der Waals surface area contributed by atoms with E-state index < -0.39 is 28.4 Å². The van der Waals surface area contributed by atoms with E-state index in [1.807, 2.05) is 0 Å². The molecule has 1 amide bonds. The van der Waals surface area contributed by atoms with Crippen LogP contribution >= 0.6 is 11.3 Å². The second-order valence-corrected chi connectivity index (χ2v) is 8.51. The van der Waals surface area contributed by atoms with Crippen LogP contribution < -0.4 is 5.32 Å². The van der Waals surface area contributed by atoms with Crippen molar-refractivity contribution in [2.24, 2.45) is 0 Å². The average molecular weight is 529 g/mol. The summed E-state index contributed by atoms with van der Waals surface area (Å²) in [6, 6.07) is 9.59. The number of nitrogens with one attached hydrogen (secondary N) is 1. The summed E-state index contributed by atoms with van der Waals surface area (Å²) in [4.78, 5) is 35.8. The summed E-state index contributed by atoms with van der Waals surface area (Å²) in [6.45, 7) is 0. The molecule has 0 aliphatic carbocycles. The summed E-state index contributed by atoms with van der Waals surface area (Å²) in [5, 5.41) is 17.7. The normalized spacial score (nSPS) is 11.6. The van der Waals surface area contributed by atoms with Crippen molar-refractivity contribution in [2.75, 3.05) is 5.32 Å². The maximum Gasteiger partial charge on any atom is 0.417 e. The number of hydrogen-bond acceptors (Lipinski definition) is 8. The van der Waals surface area contributed by atoms with Crippen molar-refractivity contribution in [2.45, 2.75) is 6.18 Å². The Morgan fingerprint density at radius 3 is 2.41 bits per heavy atom. The molecule has 0 fully saturated rings. The van der Waals surface area contributed by atoms with Crippen molar-refractivity contribution in [1.82, 2.24) is 24.7 Å². The predicted molar refractivity (Wildman–Crippen MR) is 124 cm³/mol. The second kappa shape index (κ2) is 9.02. The fourth-order valence-electron chi connectivity index (χ4n) is 3.30. The van der Waals surface area contributed by atoms with Crippen LogP contribution in [-0.2, 0) is 6.18 Å². The van der Waals surface area contributed by atoms with E-state index in [-0.39, 0.29) is 38.4 Å². The Labute approximate surface area is 207 Å². The molecule has 10 nitrogen and oxygen atoms in total. The highest BCUT2D eigenvalue weighted by molar-refractivity contribution is 7.17. The van der Waals surface area contributed by atoms with Crippen LogP contribution in [0.3, 0.4) is 0 Å². The first-order valence-corrected chi connectivity index (χ1v) is 11.0. The molecule has 0 saturated carbocycles. The Hall–Kier alpha value is -4.79. The van der Waals surface area contributed by atoms with E-state index in [2.05, 4.69) is 25.4 Å². The minimum Gasteiger partial charge on any atom is -0.305 e. The van der Waals surface area contributed by atoms with Gasteiger partial charge in [0, 0.05) is 17.8 Å². The molecular weight excluding hydrogens is 518 g/mol. The highest BCUT2D eigenvalue weighted by atomic mass is 32.1. The monoisotopic (exact) mass is 529 g/mol. The van der Waals surface area contributed by atoms with E-state index >= 15 is 0 Å². The number of nitrogens with zero attached hydrogens (tertiary/aromatic N) is 6. The molecule has 1 aromatic carbocycles. The molecule has 5 aromatic rings. The number of hydrogen-bond donors (Lipinski definition) is 1. The first kappa shape index (κ1) is 23.9. The zero-order chi connectivity index (χ0) is 26.3. The Morgan fingerprint density at radius 2 is 1.78 bits per heavy atom. The van der Waals surface area contributed by atoms with Crippen LogP contribution in [0.15, 0.2) is 60.9 Å². The fraction of sp³-hybridized carbons (Fsp3) is 0.0455. The van der Waals surface area contributed by atoms with Crippen LogP contribution in [-0.4, -0.2) is 35.6 Å². The van der Waals surface area contributed by atoms with Gasteiger partial charge in [-0.15, -0.1) is 0 Å². The summed E-state index contributed by atoms with van der Waals surface area (Å²) in [5.41, 5.74) is -0.486. The molecule has 0 aliphatic rings. The van der Waals surface area contributed by atoms with Gasteiger partial charge in [0.15, 0.2) is 17.3 Å². The van der Waals surface area contributed by atoms with Gasteiger partial charge in [-0.2, -0.15) is 23.0 Å². The van der Waals surface area contributed by atoms with Crippen molar-refractivity contribution in [1.29, 1.82) is 0 Å². The smallest absolute Gasteiger partial charge is 0.305 e. The van der Waals surface area contributed by atoms with E-state index in [0.717, 1.165) is 16.8 Å². The summed E-state index contributed by atoms with van der Waals surface area (Å²) in [6.07, 6.45) is -2.64. The van der Waals surface area contributed by atoms with Crippen molar-refractivity contribution < 1.29 is 27.3 Å². The molecule has 4 heterocycles. The third kappa shape index (κ3) is 4.71. The van der Waals surface area contributed by atoms with Crippen molar-refractivity contribution in [3.05, 3.63) is 87.3 Å². The minimum absolute atomic E-state index is 0.0120. The van der Waals surface area contributed by atoms with Crippen molar-refractivity contribution in [3.8, 4) is 17.2 Å². The molecule has 0 bridgehead atoms. The van der Waals surface area contributed by atoms with E-state index in [1.54, 1.807) is 0 Å². The second-order valence-electron chi connectivity index (χ2n) is 7.45. The zero-order valence-corrected chi connectivity index (χ0v) is 18.9. The third-order valence-corrected chi connectivity index (χ3v) is 6.09. The molecule has 0 unspecified atom stereocenters. The zero-order valence-electron chi connectivity index (χ0n) is 18.1. The lowest BCUT2D eigenvalue weighted by Gasteiger charge is -2.09. The number of anilines is 1. The number of fused-ring (bicyclic) bond motifs is 1. The number of carbonyl (C=O) groups excluding carboxylic acids is 1. The number of halogens is 4. The standard InChI is InChI=1S/C22H11F4N7O3S/c23-13-4-1-11(2-5-13)18-29-19(31-21(34)15-6-8-17(37-15)33(35)36)14-10-28-32(20(14)30-18)16-7-3-12(9-27-16)22(24,25)26/h1-10H,(H,29,30,31,34). The molecule has 186 valence electrons. The van der Waals surface area contributed by atoms with Crippen molar-refractivity contribution in [3.63, 3.8) is 0 Å². The quantitative estimate of drug-likeness (QED) is 0.187. The van der Waals surface area contributed by atoms with Crippen LogP contribution in [0, 0.1) is 15.9 Å². The van der Waals surface area contributed by atoms with Gasteiger partial charge in [-0.3, -0.25) is 14.9 Å². The lowest BCUT2D eigenvalue weighted by Crippen LogP contribution is -2.13. The number of pyridine rings is 1. The molecular formula is C22H11F4N7O3S. The average Bonchev–Trinajstić information content (AvgIpc) is 3.52. The van der Waals surface area contributed by atoms with E-state index in [1.165, 1.54) is 42.6 Å². The molecule has 0 atom stereocenters. The SMILES string of the molecule is O=C(Nc1nc(-c2ccc(F)cc2)nc2c1cnn2-c1ccc(C(F)(F)F)cn1)c1ccc([N+](=O)[O-])s1. The van der Waals surface area contributed by atoms with Gasteiger partial charge in [-0.05, 0) is 42.5 Å². The fourth-order valence-corrected chi connectivity index (χ4v) is 4.01. The molecule has 0 saturated heterocycles. The van der Waals surface area contributed by atoms with Crippen LogP contribution in [0.5, 0.6) is 0 Å². The number of thiophene rings is 1. The molecule has 4 aromatic heterocycles. The summed E-state index contributed by atoms with van der Waals surface area (Å²) >= 11 is 0.662. The lowest BCUT2D eigenvalue weighted by molar-refractivity contribution is -0.380. The maximum absolute atomic E-state index is 13.5. The largest absolute Gasteiger partial charge is 0.417 e. The number of aromatic nitrogens is 5. The van der Waals surface area contributed by atoms with Gasteiger partial charge in [0.2, 0.25) is 0 Å². The van der Waals surface area contributed by atoms with Gasteiger partial charge in [0.1, 0.15) is 11.6 Å². The third-order valence-electron chi connectivity index (χ3n) is 5.05. The highest BCUT2D eigenvalue weighted by Crippen LogP contribution is 2.31. The Bertz CT molecular complexity index is 1650. The molecule has 0 aliphatic heterocycles. The topological polar surface area (TPSA) is 129 Å². The van der Waals surface area contributed by atoms with E-state index in [4.69, 9.17) is 0 Å². The minimum atomic E-state index is -4.58. The number of alkyl halides is 3. The number of rotatable bonds is 5. The van der Waals surface area contributed by atoms with Crippen LogP contribution in [0.25, 0.3) is 28.2 Å². The molecule has 37 heavy (non-hydrogen) atoms.